The Kier molecular flexibility index (Phi) is 4.21. The Balaban J connectivity index is 2.76. The van der Waals surface area contributed by atoms with Crippen molar-refractivity contribution in [2.75, 3.05) is 0 Å². The summed E-state index contributed by atoms with van der Waals surface area (Å²) in [5, 5.41) is 9.42. The van der Waals surface area contributed by atoms with Gasteiger partial charge in [0.1, 0.15) is 0 Å². The molecule has 2 nitrogen and oxygen atoms in total. The Morgan fingerprint density at radius 1 is 1.36 bits per heavy atom. The van der Waals surface area contributed by atoms with Crippen LogP contribution < -0.4 is 5.73 Å². The third kappa shape index (κ3) is 2.88. The second kappa shape index (κ2) is 5.21. The predicted octanol–water partition coefficient (Wildman–Crippen LogP) is 3.30. The number of benzene rings is 1. The van der Waals surface area contributed by atoms with E-state index in [0.717, 1.165) is 5.56 Å². The summed E-state index contributed by atoms with van der Waals surface area (Å²) < 4.78 is 0. The number of nitrogens with zero attached hydrogens (tertiary/aromatic N) is 1. The van der Waals surface area contributed by atoms with Crippen LogP contribution in [0, 0.1) is 11.3 Å². The molecule has 0 aromatic heterocycles. The summed E-state index contributed by atoms with van der Waals surface area (Å²) in [5.41, 5.74) is 6.76. The first-order valence-electron chi connectivity index (χ1n) is 4.22. The Bertz CT molecular complexity index is 358. The summed E-state index contributed by atoms with van der Waals surface area (Å²) in [5.74, 6) is 0. The van der Waals surface area contributed by atoms with Crippen LogP contribution in [-0.4, -0.2) is 0 Å². The van der Waals surface area contributed by atoms with Gasteiger partial charge in [0.2, 0.25) is 0 Å². The summed E-state index contributed by atoms with van der Waals surface area (Å²) >= 11 is 11.6. The lowest BCUT2D eigenvalue weighted by Gasteiger charge is -2.10. The highest BCUT2D eigenvalue weighted by molar-refractivity contribution is 6.42. The number of hydrogen-bond donors (Lipinski definition) is 1. The minimum absolute atomic E-state index is 0.149. The number of nitriles is 1. The molecule has 0 unspecified atom stereocenters. The van der Waals surface area contributed by atoms with Crippen molar-refractivity contribution in [3.8, 4) is 6.07 Å². The molecule has 0 aliphatic rings. The van der Waals surface area contributed by atoms with E-state index in [2.05, 4.69) is 6.07 Å². The summed E-state index contributed by atoms with van der Waals surface area (Å²) in [6.07, 6.45) is 1.08. The highest BCUT2D eigenvalue weighted by Gasteiger charge is 2.07. The average molecular weight is 229 g/mol. The van der Waals surface area contributed by atoms with Gasteiger partial charge in [0.25, 0.3) is 0 Å². The minimum Gasteiger partial charge on any atom is -0.324 e. The van der Waals surface area contributed by atoms with E-state index in [1.54, 1.807) is 12.1 Å². The van der Waals surface area contributed by atoms with Gasteiger partial charge in [-0.3, -0.25) is 0 Å². The molecule has 0 spiro atoms. The molecule has 1 aromatic carbocycles. The first-order valence-corrected chi connectivity index (χ1v) is 4.98. The van der Waals surface area contributed by atoms with Crippen molar-refractivity contribution in [3.05, 3.63) is 33.8 Å². The molecule has 1 atom stereocenters. The van der Waals surface area contributed by atoms with E-state index in [-0.39, 0.29) is 6.04 Å². The Labute approximate surface area is 93.2 Å². The first kappa shape index (κ1) is 11.3. The van der Waals surface area contributed by atoms with Crippen molar-refractivity contribution in [2.45, 2.75) is 18.9 Å². The quantitative estimate of drug-likeness (QED) is 0.864. The fourth-order valence-corrected chi connectivity index (χ4v) is 1.44. The van der Waals surface area contributed by atoms with Gasteiger partial charge in [-0.25, -0.2) is 0 Å². The molecule has 0 aliphatic carbocycles. The normalized spacial score (nSPS) is 12.1. The third-order valence-electron chi connectivity index (χ3n) is 1.94. The van der Waals surface area contributed by atoms with E-state index in [9.17, 15) is 0 Å². The van der Waals surface area contributed by atoms with Gasteiger partial charge in [0.15, 0.2) is 0 Å². The number of hydrogen-bond acceptors (Lipinski definition) is 2. The Morgan fingerprint density at radius 3 is 2.64 bits per heavy atom. The first-order chi connectivity index (χ1) is 6.65. The van der Waals surface area contributed by atoms with Crippen LogP contribution in [0.2, 0.25) is 10.0 Å². The minimum atomic E-state index is -0.149. The predicted molar refractivity (Wildman–Crippen MR) is 58.2 cm³/mol. The lowest BCUT2D eigenvalue weighted by Crippen LogP contribution is -2.09. The lowest BCUT2D eigenvalue weighted by atomic mass is 10.0. The molecule has 2 N–H and O–H groups in total. The third-order valence-corrected chi connectivity index (χ3v) is 2.68. The summed E-state index contributed by atoms with van der Waals surface area (Å²) in [6.45, 7) is 0. The van der Waals surface area contributed by atoms with Gasteiger partial charge in [0.05, 0.1) is 16.1 Å². The van der Waals surface area contributed by atoms with Crippen LogP contribution in [0.3, 0.4) is 0 Å². The van der Waals surface area contributed by atoms with E-state index in [1.807, 2.05) is 6.07 Å². The second-order valence-electron chi connectivity index (χ2n) is 2.98. The van der Waals surface area contributed by atoms with Gasteiger partial charge < -0.3 is 5.73 Å². The molecule has 1 rings (SSSR count). The monoisotopic (exact) mass is 228 g/mol. The topological polar surface area (TPSA) is 49.8 Å². The van der Waals surface area contributed by atoms with Crippen molar-refractivity contribution in [1.82, 2.24) is 0 Å². The van der Waals surface area contributed by atoms with Gasteiger partial charge in [-0.1, -0.05) is 29.3 Å². The van der Waals surface area contributed by atoms with Crippen LogP contribution in [0.15, 0.2) is 18.2 Å². The molecule has 0 saturated heterocycles. The smallest absolute Gasteiger partial charge is 0.0622 e. The lowest BCUT2D eigenvalue weighted by molar-refractivity contribution is 0.665. The van der Waals surface area contributed by atoms with E-state index in [4.69, 9.17) is 34.2 Å². The van der Waals surface area contributed by atoms with E-state index in [1.165, 1.54) is 0 Å². The Hall–Kier alpha value is -0.750. The second-order valence-corrected chi connectivity index (χ2v) is 3.79. The zero-order valence-corrected chi connectivity index (χ0v) is 9.02. The van der Waals surface area contributed by atoms with E-state index < -0.39 is 0 Å². The molecule has 0 bridgehead atoms. The number of rotatable bonds is 3. The maximum atomic E-state index is 8.41. The molecule has 0 heterocycles. The van der Waals surface area contributed by atoms with Gasteiger partial charge in [0, 0.05) is 12.5 Å². The van der Waals surface area contributed by atoms with Crippen LogP contribution in [0.1, 0.15) is 24.4 Å². The van der Waals surface area contributed by atoms with Crippen LogP contribution in [0.25, 0.3) is 0 Å². The molecule has 0 amide bonds. The van der Waals surface area contributed by atoms with Crippen LogP contribution in [0.5, 0.6) is 0 Å². The van der Waals surface area contributed by atoms with Crippen molar-refractivity contribution in [1.29, 1.82) is 5.26 Å². The van der Waals surface area contributed by atoms with Gasteiger partial charge in [-0.05, 0) is 24.1 Å². The maximum absolute atomic E-state index is 8.41. The zero-order chi connectivity index (χ0) is 10.6. The zero-order valence-electron chi connectivity index (χ0n) is 7.50. The summed E-state index contributed by atoms with van der Waals surface area (Å²) in [7, 11) is 0. The van der Waals surface area contributed by atoms with E-state index >= 15 is 0 Å². The molecule has 14 heavy (non-hydrogen) atoms. The highest BCUT2D eigenvalue weighted by atomic mass is 35.5. The van der Waals surface area contributed by atoms with Crippen molar-refractivity contribution < 1.29 is 0 Å². The molecule has 1 aromatic rings. The van der Waals surface area contributed by atoms with Crippen LogP contribution >= 0.6 is 23.2 Å². The maximum Gasteiger partial charge on any atom is 0.0622 e. The summed E-state index contributed by atoms with van der Waals surface area (Å²) in [4.78, 5) is 0. The standard InChI is InChI=1S/C10H10Cl2N2/c11-8-4-3-7(6-9(8)12)10(14)2-1-5-13/h3-4,6,10H,1-2,14H2/t10-/m1/s1. The summed E-state index contributed by atoms with van der Waals surface area (Å²) in [6, 6.07) is 7.19. The molecular weight excluding hydrogens is 219 g/mol. The molecule has 0 fully saturated rings. The molecule has 0 saturated carbocycles. The molecule has 0 radical (unpaired) electrons. The van der Waals surface area contributed by atoms with Crippen molar-refractivity contribution in [2.24, 2.45) is 5.73 Å². The average Bonchev–Trinajstić information content (AvgIpc) is 2.18. The van der Waals surface area contributed by atoms with E-state index in [0.29, 0.717) is 22.9 Å². The molecule has 4 heteroatoms. The molecule has 0 aliphatic heterocycles. The number of nitrogens with two attached hydrogens (primary N) is 1. The molecular formula is C10H10Cl2N2. The Morgan fingerprint density at radius 2 is 2.07 bits per heavy atom. The van der Waals surface area contributed by atoms with Gasteiger partial charge in [-0.15, -0.1) is 0 Å². The van der Waals surface area contributed by atoms with Crippen LogP contribution in [-0.2, 0) is 0 Å². The largest absolute Gasteiger partial charge is 0.324 e. The van der Waals surface area contributed by atoms with Gasteiger partial charge >= 0.3 is 0 Å². The fraction of sp³-hybridized carbons (Fsp3) is 0.300. The van der Waals surface area contributed by atoms with Crippen LogP contribution in [0.4, 0.5) is 0 Å². The highest BCUT2D eigenvalue weighted by Crippen LogP contribution is 2.26. The van der Waals surface area contributed by atoms with Crippen molar-refractivity contribution in [3.63, 3.8) is 0 Å². The fourth-order valence-electron chi connectivity index (χ4n) is 1.13. The van der Waals surface area contributed by atoms with Crippen molar-refractivity contribution >= 4 is 23.2 Å². The molecule has 74 valence electrons. The van der Waals surface area contributed by atoms with Gasteiger partial charge in [-0.2, -0.15) is 5.26 Å². The SMILES string of the molecule is N#CCC[C@@H](N)c1ccc(Cl)c(Cl)c1. The number of halogens is 2.